The summed E-state index contributed by atoms with van der Waals surface area (Å²) in [7, 11) is 0. The average Bonchev–Trinajstić information content (AvgIpc) is 2.47. The zero-order chi connectivity index (χ0) is 15.4. The molecule has 1 N–H and O–H groups in total. The van der Waals surface area contributed by atoms with E-state index in [1.54, 1.807) is 4.90 Å². The minimum Gasteiger partial charge on any atom is -0.481 e. The first kappa shape index (κ1) is 15.8. The van der Waals surface area contributed by atoms with E-state index in [1.165, 1.54) is 0 Å². The van der Waals surface area contributed by atoms with Crippen molar-refractivity contribution in [3.8, 4) is 5.75 Å². The molecular weight excluding hydrogens is 266 g/mol. The third kappa shape index (κ3) is 3.97. The van der Waals surface area contributed by atoms with Crippen molar-refractivity contribution in [2.24, 2.45) is 5.92 Å². The van der Waals surface area contributed by atoms with Gasteiger partial charge in [0.1, 0.15) is 5.75 Å². The van der Waals surface area contributed by atoms with E-state index in [0.717, 1.165) is 17.7 Å². The van der Waals surface area contributed by atoms with Gasteiger partial charge in [-0.25, -0.2) is 0 Å². The number of rotatable bonds is 4. The van der Waals surface area contributed by atoms with Crippen molar-refractivity contribution in [1.29, 1.82) is 0 Å². The molecule has 0 aromatic heterocycles. The maximum absolute atomic E-state index is 12.6. The summed E-state index contributed by atoms with van der Waals surface area (Å²) in [4.78, 5) is 14.3. The molecule has 4 heteroatoms. The van der Waals surface area contributed by atoms with E-state index in [9.17, 15) is 9.90 Å². The van der Waals surface area contributed by atoms with Crippen molar-refractivity contribution in [2.45, 2.75) is 45.8 Å². The van der Waals surface area contributed by atoms with Crippen LogP contribution in [0.2, 0.25) is 0 Å². The summed E-state index contributed by atoms with van der Waals surface area (Å²) >= 11 is 0. The molecule has 1 aliphatic rings. The summed E-state index contributed by atoms with van der Waals surface area (Å²) < 4.78 is 5.85. The first-order chi connectivity index (χ1) is 10.0. The highest BCUT2D eigenvalue weighted by Crippen LogP contribution is 2.20. The van der Waals surface area contributed by atoms with Crippen LogP contribution in [-0.4, -0.2) is 41.2 Å². The van der Waals surface area contributed by atoms with Gasteiger partial charge < -0.3 is 14.7 Å². The Morgan fingerprint density at radius 3 is 2.90 bits per heavy atom. The molecule has 0 spiro atoms. The maximum Gasteiger partial charge on any atom is 0.263 e. The van der Waals surface area contributed by atoms with E-state index in [0.29, 0.717) is 19.5 Å². The molecule has 0 saturated carbocycles. The van der Waals surface area contributed by atoms with E-state index in [4.69, 9.17) is 4.74 Å². The number of benzene rings is 1. The zero-order valence-electron chi connectivity index (χ0n) is 13.1. The quantitative estimate of drug-likeness (QED) is 0.926. The number of aliphatic hydroxyl groups is 1. The number of carbonyl (C=O) groups is 1. The Hall–Kier alpha value is -1.55. The van der Waals surface area contributed by atoms with Crippen LogP contribution in [0.15, 0.2) is 24.3 Å². The van der Waals surface area contributed by atoms with Crippen molar-refractivity contribution < 1.29 is 14.6 Å². The van der Waals surface area contributed by atoms with Crippen LogP contribution < -0.4 is 4.74 Å². The molecule has 0 bridgehead atoms. The van der Waals surface area contributed by atoms with E-state index in [-0.39, 0.29) is 11.8 Å². The minimum atomic E-state index is -0.479. The van der Waals surface area contributed by atoms with Crippen molar-refractivity contribution in [1.82, 2.24) is 4.90 Å². The monoisotopic (exact) mass is 291 g/mol. The smallest absolute Gasteiger partial charge is 0.263 e. The molecule has 21 heavy (non-hydrogen) atoms. The van der Waals surface area contributed by atoms with Gasteiger partial charge >= 0.3 is 0 Å². The second-order valence-corrected chi connectivity index (χ2v) is 5.95. The van der Waals surface area contributed by atoms with Gasteiger partial charge in [-0.15, -0.1) is 0 Å². The molecule has 1 aliphatic heterocycles. The fourth-order valence-electron chi connectivity index (χ4n) is 2.61. The summed E-state index contributed by atoms with van der Waals surface area (Å²) in [5.74, 6) is 0.956. The van der Waals surface area contributed by atoms with Crippen LogP contribution in [0.4, 0.5) is 0 Å². The van der Waals surface area contributed by atoms with Crippen LogP contribution >= 0.6 is 0 Å². The molecule has 1 aromatic rings. The summed E-state index contributed by atoms with van der Waals surface area (Å²) in [6.45, 7) is 7.07. The van der Waals surface area contributed by atoms with Crippen molar-refractivity contribution in [3.05, 3.63) is 29.8 Å². The lowest BCUT2D eigenvalue weighted by Crippen LogP contribution is -2.50. The predicted octanol–water partition coefficient (Wildman–Crippen LogP) is 2.38. The highest BCUT2D eigenvalue weighted by atomic mass is 16.5. The van der Waals surface area contributed by atoms with Gasteiger partial charge in [-0.05, 0) is 43.4 Å². The van der Waals surface area contributed by atoms with Crippen LogP contribution in [0.25, 0.3) is 0 Å². The number of aryl methyl sites for hydroxylation is 1. The molecule has 0 radical (unpaired) electrons. The lowest BCUT2D eigenvalue weighted by Gasteiger charge is -2.36. The standard InChI is InChI=1S/C17H25NO3/c1-4-16(21-14-7-5-6-12(2)10-14)17(20)18-9-8-13(3)15(19)11-18/h5-7,10,13,15-16,19H,4,8-9,11H2,1-3H3. The van der Waals surface area contributed by atoms with E-state index in [2.05, 4.69) is 0 Å². The first-order valence-electron chi connectivity index (χ1n) is 7.71. The molecule has 1 fully saturated rings. The summed E-state index contributed by atoms with van der Waals surface area (Å²) in [5, 5.41) is 9.94. The van der Waals surface area contributed by atoms with Gasteiger partial charge in [-0.2, -0.15) is 0 Å². The number of piperidine rings is 1. The number of ether oxygens (including phenoxy) is 1. The fraction of sp³-hybridized carbons (Fsp3) is 0.588. The minimum absolute atomic E-state index is 0.0232. The number of hydrogen-bond donors (Lipinski definition) is 1. The van der Waals surface area contributed by atoms with Gasteiger partial charge in [0.2, 0.25) is 0 Å². The third-order valence-electron chi connectivity index (χ3n) is 4.14. The molecule has 116 valence electrons. The zero-order valence-corrected chi connectivity index (χ0v) is 13.1. The molecule has 1 heterocycles. The molecule has 2 rings (SSSR count). The van der Waals surface area contributed by atoms with E-state index < -0.39 is 12.2 Å². The molecule has 1 amide bonds. The number of aliphatic hydroxyl groups excluding tert-OH is 1. The predicted molar refractivity (Wildman–Crippen MR) is 82.3 cm³/mol. The summed E-state index contributed by atoms with van der Waals surface area (Å²) in [6.07, 6.45) is 0.550. The number of β-amino-alcohol motifs (C(OH)–C–C–N with tert-alkyl or cyclic N) is 1. The van der Waals surface area contributed by atoms with Crippen LogP contribution in [0.5, 0.6) is 5.75 Å². The lowest BCUT2D eigenvalue weighted by atomic mass is 9.95. The van der Waals surface area contributed by atoms with Gasteiger partial charge in [0.15, 0.2) is 6.10 Å². The van der Waals surface area contributed by atoms with Crippen LogP contribution in [0, 0.1) is 12.8 Å². The third-order valence-corrected chi connectivity index (χ3v) is 4.14. The van der Waals surface area contributed by atoms with Gasteiger partial charge in [0.25, 0.3) is 5.91 Å². The second-order valence-electron chi connectivity index (χ2n) is 5.95. The van der Waals surface area contributed by atoms with Crippen molar-refractivity contribution >= 4 is 5.91 Å². The Bertz CT molecular complexity index is 489. The normalized spacial score (nSPS) is 23.7. The molecule has 0 aliphatic carbocycles. The SMILES string of the molecule is CCC(Oc1cccc(C)c1)C(=O)N1CCC(C)C(O)C1. The summed E-state index contributed by atoms with van der Waals surface area (Å²) in [6, 6.07) is 7.73. The topological polar surface area (TPSA) is 49.8 Å². The Morgan fingerprint density at radius 1 is 1.52 bits per heavy atom. The largest absolute Gasteiger partial charge is 0.481 e. The maximum atomic E-state index is 12.6. The van der Waals surface area contributed by atoms with Crippen LogP contribution in [0.3, 0.4) is 0 Å². The van der Waals surface area contributed by atoms with E-state index in [1.807, 2.05) is 45.0 Å². The number of amides is 1. The number of nitrogens with zero attached hydrogens (tertiary/aromatic N) is 1. The number of likely N-dealkylation sites (tertiary alicyclic amines) is 1. The van der Waals surface area contributed by atoms with Crippen molar-refractivity contribution in [2.75, 3.05) is 13.1 Å². The van der Waals surface area contributed by atoms with Crippen molar-refractivity contribution in [3.63, 3.8) is 0 Å². The van der Waals surface area contributed by atoms with Gasteiger partial charge in [0.05, 0.1) is 6.10 Å². The molecule has 3 unspecified atom stereocenters. The summed E-state index contributed by atoms with van der Waals surface area (Å²) in [5.41, 5.74) is 1.11. The first-order valence-corrected chi connectivity index (χ1v) is 7.71. The van der Waals surface area contributed by atoms with E-state index >= 15 is 0 Å². The molecular formula is C17H25NO3. The Labute approximate surface area is 126 Å². The lowest BCUT2D eigenvalue weighted by molar-refractivity contribution is -0.143. The van der Waals surface area contributed by atoms with Gasteiger partial charge in [-0.3, -0.25) is 4.79 Å². The Morgan fingerprint density at radius 2 is 2.29 bits per heavy atom. The molecule has 1 aromatic carbocycles. The molecule has 3 atom stereocenters. The number of carbonyl (C=O) groups excluding carboxylic acids is 1. The Kier molecular flexibility index (Phi) is 5.23. The fourth-order valence-corrected chi connectivity index (χ4v) is 2.61. The molecule has 1 saturated heterocycles. The average molecular weight is 291 g/mol. The second kappa shape index (κ2) is 6.94. The molecule has 4 nitrogen and oxygen atoms in total. The number of hydrogen-bond acceptors (Lipinski definition) is 3. The van der Waals surface area contributed by atoms with Crippen LogP contribution in [-0.2, 0) is 4.79 Å². The highest BCUT2D eigenvalue weighted by molar-refractivity contribution is 5.81. The Balaban J connectivity index is 2.01. The van der Waals surface area contributed by atoms with Gasteiger partial charge in [-0.1, -0.05) is 26.0 Å². The van der Waals surface area contributed by atoms with Crippen LogP contribution in [0.1, 0.15) is 32.3 Å². The van der Waals surface area contributed by atoms with Gasteiger partial charge in [0, 0.05) is 13.1 Å². The highest BCUT2D eigenvalue weighted by Gasteiger charge is 2.31.